The molecule has 136 valence electrons. The maximum absolute atomic E-state index is 15.1. The second-order valence-electron chi connectivity index (χ2n) is 7.35. The molecule has 1 aliphatic rings. The van der Waals surface area contributed by atoms with E-state index in [0.29, 0.717) is 0 Å². The molecule has 0 bridgehead atoms. The van der Waals surface area contributed by atoms with Gasteiger partial charge in [0.15, 0.2) is 0 Å². The molecule has 0 aromatic heterocycles. The first-order chi connectivity index (χ1) is 13.2. The van der Waals surface area contributed by atoms with Crippen LogP contribution in [0, 0.1) is 0 Å². The Morgan fingerprint density at radius 2 is 1.44 bits per heavy atom. The molecule has 3 aromatic rings. The van der Waals surface area contributed by atoms with Crippen LogP contribution in [0.3, 0.4) is 0 Å². The van der Waals surface area contributed by atoms with E-state index in [4.69, 9.17) is 0 Å². The minimum Gasteiger partial charge on any atom is -0.317 e. The predicted molar refractivity (Wildman–Crippen MR) is 115 cm³/mol. The summed E-state index contributed by atoms with van der Waals surface area (Å²) in [6.45, 7) is 4.03. The summed E-state index contributed by atoms with van der Waals surface area (Å²) in [5.74, 6) is 0. The third-order valence-corrected chi connectivity index (χ3v) is 10.5. The molecule has 0 amide bonds. The lowest BCUT2D eigenvalue weighted by Gasteiger charge is -2.38. The minimum atomic E-state index is -2.81. The molecule has 1 fully saturated rings. The lowest BCUT2D eigenvalue weighted by Crippen LogP contribution is -2.27. The van der Waals surface area contributed by atoms with Crippen LogP contribution < -0.4 is 5.30 Å². The van der Waals surface area contributed by atoms with Crippen LogP contribution in [-0.2, 0) is 9.72 Å². The van der Waals surface area contributed by atoms with Crippen molar-refractivity contribution >= 4 is 12.4 Å². The Labute approximate surface area is 162 Å². The molecule has 1 heterocycles. The molecule has 0 aliphatic carbocycles. The molecule has 2 heteroatoms. The van der Waals surface area contributed by atoms with Gasteiger partial charge in [0.25, 0.3) is 0 Å². The van der Waals surface area contributed by atoms with Crippen molar-refractivity contribution in [3.05, 3.63) is 115 Å². The third-order valence-electron chi connectivity index (χ3n) is 6.02. The van der Waals surface area contributed by atoms with Crippen molar-refractivity contribution in [2.45, 2.75) is 30.1 Å². The van der Waals surface area contributed by atoms with E-state index in [1.807, 2.05) is 36.4 Å². The summed E-state index contributed by atoms with van der Waals surface area (Å²) < 4.78 is 15.1. The normalized spacial score (nSPS) is 27.3. The monoisotopic (exact) mass is 372 g/mol. The van der Waals surface area contributed by atoms with Crippen molar-refractivity contribution in [3.63, 3.8) is 0 Å². The summed E-state index contributed by atoms with van der Waals surface area (Å²) in [4.78, 5) is 0. The van der Waals surface area contributed by atoms with Gasteiger partial charge in [-0.3, -0.25) is 0 Å². The largest absolute Gasteiger partial charge is 0.317 e. The molecule has 0 unspecified atom stereocenters. The van der Waals surface area contributed by atoms with Crippen molar-refractivity contribution in [2.24, 2.45) is 0 Å². The zero-order valence-corrected chi connectivity index (χ0v) is 16.4. The Hall–Kier alpha value is -2.37. The Morgan fingerprint density at radius 1 is 0.889 bits per heavy atom. The average Bonchev–Trinajstić information content (AvgIpc) is 3.04. The molecule has 1 aliphatic heterocycles. The van der Waals surface area contributed by atoms with Crippen LogP contribution in [0.5, 0.6) is 0 Å². The summed E-state index contributed by atoms with van der Waals surface area (Å²) in [5.41, 5.74) is 2.41. The zero-order chi connectivity index (χ0) is 18.7. The third kappa shape index (κ3) is 2.82. The maximum atomic E-state index is 15.1. The lowest BCUT2D eigenvalue weighted by atomic mass is 9.89. The van der Waals surface area contributed by atoms with Crippen LogP contribution in [0.4, 0.5) is 0 Å². The van der Waals surface area contributed by atoms with Gasteiger partial charge in [0.1, 0.15) is 7.14 Å². The Kier molecular flexibility index (Phi) is 4.89. The highest BCUT2D eigenvalue weighted by Crippen LogP contribution is 2.79. The van der Waals surface area contributed by atoms with E-state index in [9.17, 15) is 0 Å². The van der Waals surface area contributed by atoms with Gasteiger partial charge in [-0.25, -0.2) is 0 Å². The number of allylic oxidation sites excluding steroid dienone is 1. The summed E-state index contributed by atoms with van der Waals surface area (Å²) >= 11 is 0. The minimum absolute atomic E-state index is 0.0428. The van der Waals surface area contributed by atoms with Crippen LogP contribution in [0.1, 0.15) is 36.0 Å². The van der Waals surface area contributed by atoms with Gasteiger partial charge in [0.2, 0.25) is 0 Å². The Morgan fingerprint density at radius 3 is 2.04 bits per heavy atom. The van der Waals surface area contributed by atoms with Crippen molar-refractivity contribution in [1.82, 2.24) is 0 Å². The average molecular weight is 372 g/mol. The zero-order valence-electron chi connectivity index (χ0n) is 15.5. The first kappa shape index (κ1) is 18.0. The number of hydrogen-bond donors (Lipinski definition) is 0. The van der Waals surface area contributed by atoms with Crippen LogP contribution in [0.2, 0.25) is 0 Å². The van der Waals surface area contributed by atoms with Crippen LogP contribution in [0.15, 0.2) is 104 Å². The standard InChI is InChI=1S/C25H25OP/c1-2-19-25(22-14-8-4-9-15-22)20-18-24(21-12-6-3-7-13-21)27(25,26)23-16-10-5-11-17-23/h2-17,24H,1,18-20H2/t24-,25-,27+/m1/s1. The van der Waals surface area contributed by atoms with E-state index in [1.165, 1.54) is 11.1 Å². The van der Waals surface area contributed by atoms with Crippen LogP contribution >= 0.6 is 7.14 Å². The van der Waals surface area contributed by atoms with Gasteiger partial charge in [-0.2, -0.15) is 0 Å². The van der Waals surface area contributed by atoms with Gasteiger partial charge in [0.05, 0.1) is 5.16 Å². The SMILES string of the molecule is C=CC[C@]1(c2ccccc2)CC[C@H](c2ccccc2)[P@@]1(=O)c1ccccc1. The summed E-state index contributed by atoms with van der Waals surface area (Å²) in [6, 6.07) is 31.0. The highest BCUT2D eigenvalue weighted by molar-refractivity contribution is 7.73. The highest BCUT2D eigenvalue weighted by atomic mass is 31.2. The molecule has 0 radical (unpaired) electrons. The first-order valence-electron chi connectivity index (χ1n) is 9.59. The smallest absolute Gasteiger partial charge is 0.133 e. The molecular formula is C25H25OP. The van der Waals surface area contributed by atoms with Gasteiger partial charge < -0.3 is 4.57 Å². The van der Waals surface area contributed by atoms with Crippen molar-refractivity contribution in [3.8, 4) is 0 Å². The molecule has 1 nitrogen and oxygen atoms in total. The fourth-order valence-corrected chi connectivity index (χ4v) is 9.37. The molecule has 1 saturated heterocycles. The van der Waals surface area contributed by atoms with E-state index < -0.39 is 12.3 Å². The molecule has 3 aromatic carbocycles. The fourth-order valence-electron chi connectivity index (χ4n) is 4.83. The molecule has 3 atom stereocenters. The molecule has 0 spiro atoms. The van der Waals surface area contributed by atoms with Gasteiger partial charge in [-0.15, -0.1) is 6.58 Å². The summed E-state index contributed by atoms with van der Waals surface area (Å²) in [6.07, 6.45) is 4.52. The van der Waals surface area contributed by atoms with Crippen molar-refractivity contribution < 1.29 is 4.57 Å². The van der Waals surface area contributed by atoms with Gasteiger partial charge in [-0.05, 0) is 30.4 Å². The quantitative estimate of drug-likeness (QED) is 0.360. The number of hydrogen-bond acceptors (Lipinski definition) is 1. The van der Waals surface area contributed by atoms with E-state index in [0.717, 1.165) is 24.6 Å². The van der Waals surface area contributed by atoms with Crippen LogP contribution in [0.25, 0.3) is 0 Å². The molecule has 27 heavy (non-hydrogen) atoms. The Balaban J connectivity index is 1.99. The number of rotatable bonds is 5. The van der Waals surface area contributed by atoms with E-state index in [2.05, 4.69) is 67.2 Å². The van der Waals surface area contributed by atoms with Gasteiger partial charge in [0, 0.05) is 11.0 Å². The van der Waals surface area contributed by atoms with E-state index in [1.54, 1.807) is 0 Å². The maximum Gasteiger partial charge on any atom is 0.133 e. The molecule has 4 rings (SSSR count). The summed E-state index contributed by atoms with van der Waals surface area (Å²) in [5, 5.41) is 0.597. The highest BCUT2D eigenvalue weighted by Gasteiger charge is 2.58. The Bertz CT molecular complexity index is 949. The van der Waals surface area contributed by atoms with Gasteiger partial charge in [-0.1, -0.05) is 97.1 Å². The van der Waals surface area contributed by atoms with E-state index in [-0.39, 0.29) is 5.66 Å². The molecular weight excluding hydrogens is 347 g/mol. The first-order valence-corrected chi connectivity index (χ1v) is 11.4. The number of benzene rings is 3. The second-order valence-corrected chi connectivity index (χ2v) is 10.7. The van der Waals surface area contributed by atoms with E-state index >= 15 is 4.57 Å². The topological polar surface area (TPSA) is 17.1 Å². The summed E-state index contributed by atoms with van der Waals surface area (Å²) in [7, 11) is -2.81. The lowest BCUT2D eigenvalue weighted by molar-refractivity contribution is 0.528. The second kappa shape index (κ2) is 7.33. The van der Waals surface area contributed by atoms with Crippen molar-refractivity contribution in [1.29, 1.82) is 0 Å². The predicted octanol–water partition coefficient (Wildman–Crippen LogP) is 6.68. The van der Waals surface area contributed by atoms with Crippen molar-refractivity contribution in [2.75, 3.05) is 0 Å². The van der Waals surface area contributed by atoms with Gasteiger partial charge >= 0.3 is 0 Å². The van der Waals surface area contributed by atoms with Crippen LogP contribution in [-0.4, -0.2) is 0 Å². The fraction of sp³-hybridized carbons (Fsp3) is 0.200. The molecule has 0 saturated carbocycles. The molecule has 0 N–H and O–H groups in total.